The zero-order valence-corrected chi connectivity index (χ0v) is 10.8. The standard InChI is InChI=1S/C13H14N2O5/c1-7(13(18)19)12(17)15-6-10(11(14)16)20-9-5-3-2-4-8(9)15/h2-5,7,10H,6H2,1H3,(H2,14,16)(H,18,19). The van der Waals surface area contributed by atoms with E-state index in [0.29, 0.717) is 11.4 Å². The number of primary amides is 1. The SMILES string of the molecule is CC(C(=O)O)C(=O)N1CC(C(N)=O)Oc2ccccc21. The summed E-state index contributed by atoms with van der Waals surface area (Å²) in [7, 11) is 0. The first kappa shape index (κ1) is 13.9. The molecule has 0 bridgehead atoms. The highest BCUT2D eigenvalue weighted by Gasteiger charge is 2.36. The van der Waals surface area contributed by atoms with Gasteiger partial charge in [0.2, 0.25) is 5.91 Å². The predicted molar refractivity (Wildman–Crippen MR) is 69.2 cm³/mol. The zero-order valence-electron chi connectivity index (χ0n) is 10.8. The number of carbonyl (C=O) groups excluding carboxylic acids is 2. The smallest absolute Gasteiger partial charge is 0.315 e. The first-order valence-electron chi connectivity index (χ1n) is 6.01. The van der Waals surface area contributed by atoms with Crippen molar-refractivity contribution in [3.05, 3.63) is 24.3 Å². The van der Waals surface area contributed by atoms with Crippen LogP contribution in [0.3, 0.4) is 0 Å². The van der Waals surface area contributed by atoms with Gasteiger partial charge in [0.25, 0.3) is 5.91 Å². The van der Waals surface area contributed by atoms with E-state index in [2.05, 4.69) is 0 Å². The van der Waals surface area contributed by atoms with Gasteiger partial charge in [0, 0.05) is 0 Å². The van der Waals surface area contributed by atoms with Gasteiger partial charge in [-0.15, -0.1) is 0 Å². The van der Waals surface area contributed by atoms with E-state index in [9.17, 15) is 14.4 Å². The molecule has 0 saturated carbocycles. The van der Waals surface area contributed by atoms with Gasteiger partial charge >= 0.3 is 5.97 Å². The number of rotatable bonds is 3. The van der Waals surface area contributed by atoms with Crippen molar-refractivity contribution in [2.45, 2.75) is 13.0 Å². The number of ether oxygens (including phenoxy) is 1. The van der Waals surface area contributed by atoms with Crippen LogP contribution in [0.2, 0.25) is 0 Å². The lowest BCUT2D eigenvalue weighted by Gasteiger charge is -2.34. The number of amides is 2. The molecule has 106 valence electrons. The molecule has 0 aromatic heterocycles. The van der Waals surface area contributed by atoms with Gasteiger partial charge in [-0.1, -0.05) is 12.1 Å². The van der Waals surface area contributed by atoms with Crippen molar-refractivity contribution in [3.8, 4) is 5.75 Å². The van der Waals surface area contributed by atoms with E-state index in [1.54, 1.807) is 24.3 Å². The highest BCUT2D eigenvalue weighted by molar-refractivity contribution is 6.06. The largest absolute Gasteiger partial charge is 0.481 e. The number of hydrogen-bond acceptors (Lipinski definition) is 4. The number of fused-ring (bicyclic) bond motifs is 1. The zero-order chi connectivity index (χ0) is 14.9. The number of carboxylic acid groups (broad SMARTS) is 1. The third-order valence-corrected chi connectivity index (χ3v) is 3.10. The van der Waals surface area contributed by atoms with Crippen molar-refractivity contribution >= 4 is 23.5 Å². The van der Waals surface area contributed by atoms with Crippen molar-refractivity contribution in [2.75, 3.05) is 11.4 Å². The van der Waals surface area contributed by atoms with Gasteiger partial charge in [0.1, 0.15) is 11.7 Å². The van der Waals surface area contributed by atoms with Gasteiger partial charge < -0.3 is 20.5 Å². The lowest BCUT2D eigenvalue weighted by atomic mass is 10.1. The molecule has 7 heteroatoms. The lowest BCUT2D eigenvalue weighted by molar-refractivity contribution is -0.145. The van der Waals surface area contributed by atoms with Crippen LogP contribution in [0.5, 0.6) is 5.75 Å². The monoisotopic (exact) mass is 278 g/mol. The Morgan fingerprint density at radius 2 is 2.05 bits per heavy atom. The molecule has 1 aromatic rings. The van der Waals surface area contributed by atoms with Crippen LogP contribution in [0.25, 0.3) is 0 Å². The molecule has 0 fully saturated rings. The van der Waals surface area contributed by atoms with Gasteiger partial charge in [-0.3, -0.25) is 14.4 Å². The van der Waals surface area contributed by atoms with Crippen LogP contribution in [0, 0.1) is 5.92 Å². The minimum absolute atomic E-state index is 0.0944. The number of aliphatic carboxylic acids is 1. The predicted octanol–water partition coefficient (Wildman–Crippen LogP) is -0.0134. The molecule has 2 unspecified atom stereocenters. The minimum Gasteiger partial charge on any atom is -0.481 e. The Labute approximate surface area is 114 Å². The van der Waals surface area contributed by atoms with Gasteiger partial charge in [-0.05, 0) is 19.1 Å². The normalized spacial score (nSPS) is 18.6. The molecule has 1 heterocycles. The summed E-state index contributed by atoms with van der Waals surface area (Å²) >= 11 is 0. The van der Waals surface area contributed by atoms with Crippen molar-refractivity contribution in [3.63, 3.8) is 0 Å². The lowest BCUT2D eigenvalue weighted by Crippen LogP contribution is -2.51. The fourth-order valence-electron chi connectivity index (χ4n) is 1.93. The molecule has 3 N–H and O–H groups in total. The molecule has 0 saturated heterocycles. The van der Waals surface area contributed by atoms with Crippen LogP contribution in [0.15, 0.2) is 24.3 Å². The first-order chi connectivity index (χ1) is 9.41. The number of benzene rings is 1. The maximum absolute atomic E-state index is 12.2. The minimum atomic E-state index is -1.23. The average Bonchev–Trinajstić information content (AvgIpc) is 2.44. The van der Waals surface area contributed by atoms with E-state index in [1.165, 1.54) is 11.8 Å². The van der Waals surface area contributed by atoms with Gasteiger partial charge in [0.15, 0.2) is 6.10 Å². The second kappa shape index (κ2) is 5.20. The maximum Gasteiger partial charge on any atom is 0.315 e. The van der Waals surface area contributed by atoms with Crippen molar-refractivity contribution in [2.24, 2.45) is 11.7 Å². The molecule has 2 amide bonds. The van der Waals surface area contributed by atoms with E-state index >= 15 is 0 Å². The van der Waals surface area contributed by atoms with Gasteiger partial charge in [-0.2, -0.15) is 0 Å². The van der Waals surface area contributed by atoms with E-state index in [-0.39, 0.29) is 6.54 Å². The molecule has 0 spiro atoms. The molecule has 2 rings (SSSR count). The van der Waals surface area contributed by atoms with Crippen LogP contribution in [0.1, 0.15) is 6.92 Å². The third kappa shape index (κ3) is 2.42. The van der Waals surface area contributed by atoms with Crippen LogP contribution >= 0.6 is 0 Å². The number of anilines is 1. The average molecular weight is 278 g/mol. The maximum atomic E-state index is 12.2. The number of para-hydroxylation sites is 2. The van der Waals surface area contributed by atoms with Crippen LogP contribution < -0.4 is 15.4 Å². The van der Waals surface area contributed by atoms with E-state index in [1.807, 2.05) is 0 Å². The highest BCUT2D eigenvalue weighted by atomic mass is 16.5. The first-order valence-corrected chi connectivity index (χ1v) is 6.01. The topological polar surface area (TPSA) is 110 Å². The highest BCUT2D eigenvalue weighted by Crippen LogP contribution is 2.33. The number of nitrogens with two attached hydrogens (primary N) is 1. The molecular weight excluding hydrogens is 264 g/mol. The van der Waals surface area contributed by atoms with E-state index < -0.39 is 29.8 Å². The summed E-state index contributed by atoms with van der Waals surface area (Å²) in [4.78, 5) is 35.7. The molecule has 0 radical (unpaired) electrons. The summed E-state index contributed by atoms with van der Waals surface area (Å²) in [5.74, 6) is -3.43. The Morgan fingerprint density at radius 3 is 2.65 bits per heavy atom. The van der Waals surface area contributed by atoms with E-state index in [4.69, 9.17) is 15.6 Å². The molecule has 7 nitrogen and oxygen atoms in total. The van der Waals surface area contributed by atoms with Crippen molar-refractivity contribution in [1.82, 2.24) is 0 Å². The van der Waals surface area contributed by atoms with Crippen molar-refractivity contribution < 1.29 is 24.2 Å². The van der Waals surface area contributed by atoms with Gasteiger partial charge in [-0.25, -0.2) is 0 Å². The number of nitrogens with zero attached hydrogens (tertiary/aromatic N) is 1. The molecule has 20 heavy (non-hydrogen) atoms. The number of carbonyl (C=O) groups is 3. The summed E-state index contributed by atoms with van der Waals surface area (Å²) in [6.07, 6.45) is -0.991. The Bertz CT molecular complexity index is 572. The second-order valence-corrected chi connectivity index (χ2v) is 4.49. The molecule has 1 aliphatic rings. The molecular formula is C13H14N2O5. The van der Waals surface area contributed by atoms with E-state index in [0.717, 1.165) is 0 Å². The fourth-order valence-corrected chi connectivity index (χ4v) is 1.93. The van der Waals surface area contributed by atoms with Crippen LogP contribution in [0.4, 0.5) is 5.69 Å². The van der Waals surface area contributed by atoms with Gasteiger partial charge in [0.05, 0.1) is 12.2 Å². The molecule has 1 aliphatic heterocycles. The summed E-state index contributed by atoms with van der Waals surface area (Å²) in [6, 6.07) is 6.60. The second-order valence-electron chi connectivity index (χ2n) is 4.49. The molecule has 0 aliphatic carbocycles. The molecule has 2 atom stereocenters. The van der Waals surface area contributed by atoms with Crippen LogP contribution in [-0.2, 0) is 14.4 Å². The quantitative estimate of drug-likeness (QED) is 0.755. The number of carboxylic acids is 1. The van der Waals surface area contributed by atoms with Crippen LogP contribution in [-0.4, -0.2) is 35.5 Å². The Balaban J connectivity index is 2.38. The Kier molecular flexibility index (Phi) is 3.60. The fraction of sp³-hybridized carbons (Fsp3) is 0.308. The Hall–Kier alpha value is -2.57. The summed E-state index contributed by atoms with van der Waals surface area (Å²) in [6.45, 7) is 1.20. The Morgan fingerprint density at radius 1 is 1.40 bits per heavy atom. The summed E-state index contributed by atoms with van der Waals surface area (Å²) in [5.41, 5.74) is 5.64. The van der Waals surface area contributed by atoms with Crippen molar-refractivity contribution in [1.29, 1.82) is 0 Å². The molecule has 1 aromatic carbocycles. The third-order valence-electron chi connectivity index (χ3n) is 3.10. The number of hydrogen-bond donors (Lipinski definition) is 2. The summed E-state index contributed by atoms with van der Waals surface area (Å²) < 4.78 is 5.40. The summed E-state index contributed by atoms with van der Waals surface area (Å²) in [5, 5.41) is 8.94.